The molecular weight excluding hydrogens is 811 g/mol. The molecule has 3 aliphatic rings. The Kier molecular flexibility index (Phi) is 13.9. The molecule has 3 aromatic carbocycles. The van der Waals surface area contributed by atoms with Crippen LogP contribution >= 0.6 is 23.4 Å². The van der Waals surface area contributed by atoms with Crippen LogP contribution < -0.4 is 20.7 Å². The van der Waals surface area contributed by atoms with Crippen LogP contribution in [0.25, 0.3) is 10.9 Å². The number of carbonyl (C=O) groups excluding carboxylic acids is 5. The van der Waals surface area contributed by atoms with Crippen LogP contribution in [-0.2, 0) is 25.7 Å². The largest absolute Gasteiger partial charge is 0.494 e. The van der Waals surface area contributed by atoms with Crippen molar-refractivity contribution in [3.05, 3.63) is 89.0 Å². The van der Waals surface area contributed by atoms with Gasteiger partial charge in [-0.3, -0.25) is 34.2 Å². The predicted octanol–water partition coefficient (Wildman–Crippen LogP) is 6.32. The number of piperazine rings is 1. The zero-order valence-electron chi connectivity index (χ0n) is 33.2. The number of benzene rings is 3. The van der Waals surface area contributed by atoms with Gasteiger partial charge in [-0.1, -0.05) is 36.6 Å². The van der Waals surface area contributed by atoms with E-state index >= 15 is 0 Å². The first-order valence-corrected chi connectivity index (χ1v) is 21.4. The number of amides is 5. The minimum absolute atomic E-state index is 0.0279. The fourth-order valence-corrected chi connectivity index (χ4v) is 8.86. The van der Waals surface area contributed by atoms with Crippen molar-refractivity contribution in [1.82, 2.24) is 30.0 Å². The molecule has 14 nitrogen and oxygen atoms in total. The highest BCUT2D eigenvalue weighted by molar-refractivity contribution is 7.99. The normalized spacial score (nSPS) is 17.0. The fraction of sp³-hybridized carbons (Fsp3) is 0.372. The van der Waals surface area contributed by atoms with Gasteiger partial charge in [0.05, 0.1) is 23.3 Å². The number of thioether (sulfide) groups is 1. The number of aromatic nitrogens is 2. The molecule has 3 aliphatic heterocycles. The number of nitrogens with one attached hydrogen (secondary N) is 3. The lowest BCUT2D eigenvalue weighted by Crippen LogP contribution is -2.52. The monoisotopic (exact) mass is 856 g/mol. The van der Waals surface area contributed by atoms with E-state index in [0.29, 0.717) is 91.5 Å². The van der Waals surface area contributed by atoms with Crippen LogP contribution in [0.3, 0.4) is 0 Å². The molecule has 0 radical (unpaired) electrons. The highest BCUT2D eigenvalue weighted by Gasteiger charge is 2.39. The van der Waals surface area contributed by atoms with Crippen molar-refractivity contribution >= 4 is 81.0 Å². The topological polar surface area (TPSA) is 166 Å². The maximum atomic E-state index is 13.7. The van der Waals surface area contributed by atoms with Gasteiger partial charge in [0.1, 0.15) is 29.8 Å². The van der Waals surface area contributed by atoms with Crippen LogP contribution in [0.15, 0.2) is 71.9 Å². The van der Waals surface area contributed by atoms with Crippen LogP contribution in [0.4, 0.5) is 21.6 Å². The van der Waals surface area contributed by atoms with Crippen LogP contribution in [0, 0.1) is 5.82 Å². The Hall–Kier alpha value is -5.58. The number of nitrogens with zero attached hydrogens (tertiary/aromatic N) is 5. The molecule has 1 atom stereocenters. The van der Waals surface area contributed by atoms with E-state index in [1.54, 1.807) is 47.0 Å². The van der Waals surface area contributed by atoms with Gasteiger partial charge in [0, 0.05) is 85.8 Å². The molecule has 7 rings (SSSR count). The van der Waals surface area contributed by atoms with Gasteiger partial charge in [-0.05, 0) is 67.0 Å². The summed E-state index contributed by atoms with van der Waals surface area (Å²) in [5, 5.41) is 8.94. The minimum atomic E-state index is -0.626. The fourth-order valence-electron chi connectivity index (χ4n) is 7.59. The Balaban J connectivity index is 0.794. The molecule has 2 fully saturated rings. The molecule has 1 unspecified atom stereocenters. The zero-order chi connectivity index (χ0) is 42.2. The van der Waals surface area contributed by atoms with Crippen molar-refractivity contribution in [2.24, 2.45) is 0 Å². The summed E-state index contributed by atoms with van der Waals surface area (Å²) in [6.45, 7) is 3.62. The van der Waals surface area contributed by atoms with Gasteiger partial charge in [0.15, 0.2) is 0 Å². The van der Waals surface area contributed by atoms with E-state index in [-0.39, 0.29) is 35.1 Å². The zero-order valence-corrected chi connectivity index (χ0v) is 34.7. The number of imide groups is 1. The molecule has 0 bridgehead atoms. The summed E-state index contributed by atoms with van der Waals surface area (Å²) in [6, 6.07) is 12.7. The molecule has 17 heteroatoms. The highest BCUT2D eigenvalue weighted by atomic mass is 35.5. The van der Waals surface area contributed by atoms with E-state index < -0.39 is 17.8 Å². The molecule has 4 aromatic rings. The first-order valence-electron chi connectivity index (χ1n) is 20.0. The van der Waals surface area contributed by atoms with Gasteiger partial charge in [-0.25, -0.2) is 14.4 Å². The Morgan fingerprint density at radius 2 is 1.85 bits per heavy atom. The molecule has 60 heavy (non-hydrogen) atoms. The third kappa shape index (κ3) is 10.2. The summed E-state index contributed by atoms with van der Waals surface area (Å²) in [6.07, 6.45) is 9.52. The predicted molar refractivity (Wildman–Crippen MR) is 228 cm³/mol. The standard InChI is InChI=1S/C43H46ClFN8O6S/c1-59-36-24-33-29(41(47-26-46-33)48-27-12-13-32(45)31(44)22-27)23-34(36)49-38(54)10-7-16-51-17-19-52(20-18-51)40(56)11-4-2-3-5-21-60-37-9-6-8-28-30(37)25-53(43(28)58)35-14-15-39(55)50-42(35)57/h6-10,12-13,22-24,26,35H,2-5,11,14-21,25H2,1H3,(H,49,54)(H,46,47,48)(H,50,55,57)/b10-7+. The second kappa shape index (κ2) is 19.7. The lowest BCUT2D eigenvalue weighted by Gasteiger charge is -2.34. The van der Waals surface area contributed by atoms with Gasteiger partial charge in [0.25, 0.3) is 5.91 Å². The van der Waals surface area contributed by atoms with E-state index in [1.807, 2.05) is 17.0 Å². The molecule has 1 aromatic heterocycles. The summed E-state index contributed by atoms with van der Waals surface area (Å²) in [7, 11) is 1.51. The summed E-state index contributed by atoms with van der Waals surface area (Å²) >= 11 is 7.67. The summed E-state index contributed by atoms with van der Waals surface area (Å²) in [5.41, 5.74) is 3.11. The van der Waals surface area contributed by atoms with E-state index in [2.05, 4.69) is 30.8 Å². The number of fused-ring (bicyclic) bond motifs is 2. The van der Waals surface area contributed by atoms with Crippen LogP contribution in [0.1, 0.15) is 60.9 Å². The molecule has 5 amide bonds. The maximum absolute atomic E-state index is 13.7. The van der Waals surface area contributed by atoms with Crippen LogP contribution in [0.2, 0.25) is 5.02 Å². The molecule has 0 spiro atoms. The van der Waals surface area contributed by atoms with Gasteiger partial charge in [-0.2, -0.15) is 0 Å². The Labute approximate surface area is 356 Å². The number of anilines is 3. The van der Waals surface area contributed by atoms with Crippen LogP contribution in [-0.4, -0.2) is 106 Å². The number of ether oxygens (including phenoxy) is 1. The third-order valence-corrected chi connectivity index (χ3v) is 12.3. The molecule has 314 valence electrons. The van der Waals surface area contributed by atoms with E-state index in [0.717, 1.165) is 41.9 Å². The van der Waals surface area contributed by atoms with Crippen molar-refractivity contribution in [3.63, 3.8) is 0 Å². The molecule has 0 aliphatic carbocycles. The third-order valence-electron chi connectivity index (χ3n) is 10.8. The smallest absolute Gasteiger partial charge is 0.255 e. The van der Waals surface area contributed by atoms with Crippen molar-refractivity contribution in [2.75, 3.05) is 56.2 Å². The summed E-state index contributed by atoms with van der Waals surface area (Å²) in [5.74, 6) is 0.177. The number of piperidine rings is 1. The SMILES string of the molecule is COc1cc2ncnc(Nc3ccc(F)c(Cl)c3)c2cc1NC(=O)/C=C/CN1CCN(C(=O)CCCCCCSc2cccc3c2CN(C2CCC(=O)NC2=O)C3=O)CC1. The van der Waals surface area contributed by atoms with Crippen molar-refractivity contribution < 1.29 is 33.1 Å². The number of hydrogen-bond acceptors (Lipinski definition) is 11. The average molecular weight is 857 g/mol. The van der Waals surface area contributed by atoms with Crippen molar-refractivity contribution in [3.8, 4) is 5.75 Å². The van der Waals surface area contributed by atoms with Gasteiger partial charge in [-0.15, -0.1) is 11.8 Å². The minimum Gasteiger partial charge on any atom is -0.494 e. The van der Waals surface area contributed by atoms with E-state index in [1.165, 1.54) is 31.6 Å². The number of rotatable bonds is 16. The Bertz CT molecular complexity index is 2320. The van der Waals surface area contributed by atoms with E-state index in [4.69, 9.17) is 16.3 Å². The lowest BCUT2D eigenvalue weighted by atomic mass is 10.0. The summed E-state index contributed by atoms with van der Waals surface area (Å²) < 4.78 is 19.2. The first kappa shape index (κ1) is 42.5. The molecule has 4 heterocycles. The van der Waals surface area contributed by atoms with Crippen molar-refractivity contribution in [1.29, 1.82) is 0 Å². The van der Waals surface area contributed by atoms with Gasteiger partial charge < -0.3 is 25.2 Å². The lowest BCUT2D eigenvalue weighted by molar-refractivity contribution is -0.137. The average Bonchev–Trinajstić information content (AvgIpc) is 3.58. The maximum Gasteiger partial charge on any atom is 0.255 e. The highest BCUT2D eigenvalue weighted by Crippen LogP contribution is 2.36. The van der Waals surface area contributed by atoms with Gasteiger partial charge in [0.2, 0.25) is 23.6 Å². The van der Waals surface area contributed by atoms with E-state index in [9.17, 15) is 28.4 Å². The Morgan fingerprint density at radius 3 is 2.63 bits per heavy atom. The quantitative estimate of drug-likeness (QED) is 0.0500. The molecule has 3 N–H and O–H groups in total. The number of methoxy groups -OCH3 is 1. The second-order valence-electron chi connectivity index (χ2n) is 14.8. The van der Waals surface area contributed by atoms with Crippen LogP contribution in [0.5, 0.6) is 5.75 Å². The number of hydrogen-bond donors (Lipinski definition) is 3. The Morgan fingerprint density at radius 1 is 1.03 bits per heavy atom. The number of halogens is 2. The number of unbranched alkanes of at least 4 members (excludes halogenated alkanes) is 3. The van der Waals surface area contributed by atoms with Crippen molar-refractivity contribution in [2.45, 2.75) is 62.4 Å². The molecule has 0 saturated carbocycles. The van der Waals surface area contributed by atoms with Gasteiger partial charge >= 0.3 is 0 Å². The first-order chi connectivity index (χ1) is 29.1. The second-order valence-corrected chi connectivity index (χ2v) is 16.4. The summed E-state index contributed by atoms with van der Waals surface area (Å²) in [4.78, 5) is 78.4. The number of carbonyl (C=O) groups is 5. The molecule has 2 saturated heterocycles. The molecular formula is C43H46ClFN8O6S.